The zero-order valence-electron chi connectivity index (χ0n) is 11.2. The highest BCUT2D eigenvalue weighted by Crippen LogP contribution is 2.27. The van der Waals surface area contributed by atoms with Crippen molar-refractivity contribution in [2.45, 2.75) is 12.8 Å². The number of carboxylic acids is 1. The van der Waals surface area contributed by atoms with Gasteiger partial charge in [0.05, 0.1) is 5.92 Å². The Morgan fingerprint density at radius 3 is 2.62 bits per heavy atom. The number of aromatic nitrogens is 1. The van der Waals surface area contributed by atoms with Gasteiger partial charge in [0.15, 0.2) is 5.58 Å². The van der Waals surface area contributed by atoms with Gasteiger partial charge in [-0.1, -0.05) is 22.0 Å². The van der Waals surface area contributed by atoms with Crippen molar-refractivity contribution in [1.29, 1.82) is 0 Å². The van der Waals surface area contributed by atoms with E-state index < -0.39 is 11.9 Å². The van der Waals surface area contributed by atoms with Crippen molar-refractivity contribution < 1.29 is 14.3 Å². The van der Waals surface area contributed by atoms with Gasteiger partial charge < -0.3 is 9.52 Å². The number of carboxylic acid groups (broad SMARTS) is 1. The average molecular weight is 346 g/mol. The molecule has 1 N–H and O–H groups in total. The van der Waals surface area contributed by atoms with Crippen LogP contribution in [0.5, 0.6) is 0 Å². The maximum atomic E-state index is 11.0. The van der Waals surface area contributed by atoms with Crippen LogP contribution >= 0.6 is 15.9 Å². The van der Waals surface area contributed by atoms with Crippen LogP contribution in [0.3, 0.4) is 0 Å². The van der Waals surface area contributed by atoms with Gasteiger partial charge >= 0.3 is 5.97 Å². The Morgan fingerprint density at radius 2 is 1.95 bits per heavy atom. The van der Waals surface area contributed by atoms with E-state index in [4.69, 9.17) is 9.52 Å². The molecule has 0 radical (unpaired) electrons. The summed E-state index contributed by atoms with van der Waals surface area (Å²) in [4.78, 5) is 15.5. The molecule has 1 atom stereocenters. The summed E-state index contributed by atoms with van der Waals surface area (Å²) in [6.45, 7) is 1.65. The van der Waals surface area contributed by atoms with Crippen molar-refractivity contribution in [2.75, 3.05) is 0 Å². The van der Waals surface area contributed by atoms with E-state index in [0.29, 0.717) is 22.6 Å². The number of halogens is 1. The second-order valence-electron chi connectivity index (χ2n) is 4.81. The molecule has 4 nitrogen and oxygen atoms in total. The summed E-state index contributed by atoms with van der Waals surface area (Å²) in [5.74, 6) is -0.897. The van der Waals surface area contributed by atoms with Crippen LogP contribution in [0.15, 0.2) is 51.4 Å². The van der Waals surface area contributed by atoms with Crippen molar-refractivity contribution >= 4 is 33.0 Å². The van der Waals surface area contributed by atoms with Crippen LogP contribution in [-0.4, -0.2) is 16.1 Å². The van der Waals surface area contributed by atoms with Crippen molar-refractivity contribution in [3.8, 4) is 11.5 Å². The predicted molar refractivity (Wildman–Crippen MR) is 83.2 cm³/mol. The number of benzene rings is 2. The average Bonchev–Trinajstić information content (AvgIpc) is 2.89. The fourth-order valence-electron chi connectivity index (χ4n) is 2.07. The van der Waals surface area contributed by atoms with Gasteiger partial charge in [0.2, 0.25) is 5.89 Å². The number of rotatable bonds is 3. The summed E-state index contributed by atoms with van der Waals surface area (Å²) in [5.41, 5.74) is 2.90. The molecule has 1 aromatic heterocycles. The molecule has 0 aliphatic rings. The molecule has 21 heavy (non-hydrogen) atoms. The summed E-state index contributed by atoms with van der Waals surface area (Å²) >= 11 is 3.39. The Hall–Kier alpha value is -2.14. The summed E-state index contributed by atoms with van der Waals surface area (Å²) in [7, 11) is 0. The normalized spacial score (nSPS) is 12.5. The first-order valence-electron chi connectivity index (χ1n) is 6.44. The van der Waals surface area contributed by atoms with Gasteiger partial charge in [0.1, 0.15) is 5.52 Å². The smallest absolute Gasteiger partial charge is 0.310 e. The predicted octanol–water partition coefficient (Wildman–Crippen LogP) is 4.45. The van der Waals surface area contributed by atoms with E-state index in [1.807, 2.05) is 24.3 Å². The van der Waals surface area contributed by atoms with E-state index in [0.717, 1.165) is 10.0 Å². The largest absolute Gasteiger partial charge is 0.481 e. The van der Waals surface area contributed by atoms with Gasteiger partial charge in [0.25, 0.3) is 0 Å². The van der Waals surface area contributed by atoms with Crippen molar-refractivity contribution in [1.82, 2.24) is 4.98 Å². The van der Waals surface area contributed by atoms with E-state index in [9.17, 15) is 4.79 Å². The lowest BCUT2D eigenvalue weighted by Gasteiger charge is -2.04. The number of oxazole rings is 1. The van der Waals surface area contributed by atoms with Crippen LogP contribution < -0.4 is 0 Å². The second kappa shape index (κ2) is 5.33. The van der Waals surface area contributed by atoms with Gasteiger partial charge in [-0.15, -0.1) is 0 Å². The summed E-state index contributed by atoms with van der Waals surface area (Å²) < 4.78 is 6.70. The molecule has 1 heterocycles. The van der Waals surface area contributed by atoms with Gasteiger partial charge in [-0.05, 0) is 48.9 Å². The Morgan fingerprint density at radius 1 is 1.24 bits per heavy atom. The van der Waals surface area contributed by atoms with Crippen LogP contribution in [0.4, 0.5) is 0 Å². The van der Waals surface area contributed by atoms with E-state index >= 15 is 0 Å². The number of nitrogens with zero attached hydrogens (tertiary/aromatic N) is 1. The Kier molecular flexibility index (Phi) is 3.51. The molecule has 1 unspecified atom stereocenters. The molecular weight excluding hydrogens is 334 g/mol. The van der Waals surface area contributed by atoms with Crippen LogP contribution in [-0.2, 0) is 4.79 Å². The zero-order valence-corrected chi connectivity index (χ0v) is 12.8. The lowest BCUT2D eigenvalue weighted by atomic mass is 10.0. The Balaban J connectivity index is 2.04. The molecule has 0 bridgehead atoms. The SMILES string of the molecule is CC(C(=O)O)c1ccc2oc(-c3ccc(Br)cc3)nc2c1. The van der Waals surface area contributed by atoms with E-state index in [1.165, 1.54) is 0 Å². The number of fused-ring (bicyclic) bond motifs is 1. The van der Waals surface area contributed by atoms with E-state index in [2.05, 4.69) is 20.9 Å². The maximum absolute atomic E-state index is 11.0. The standard InChI is InChI=1S/C16H12BrNO3/c1-9(16(19)20)11-4-7-14-13(8-11)18-15(21-14)10-2-5-12(17)6-3-10/h2-9H,1H3,(H,19,20). The number of carbonyl (C=O) groups is 1. The molecule has 0 aliphatic carbocycles. The molecule has 0 spiro atoms. The van der Waals surface area contributed by atoms with Gasteiger partial charge in [0, 0.05) is 10.0 Å². The topological polar surface area (TPSA) is 63.3 Å². The monoisotopic (exact) mass is 345 g/mol. The first-order valence-corrected chi connectivity index (χ1v) is 7.23. The molecule has 3 aromatic rings. The minimum absolute atomic E-state index is 0.526. The zero-order chi connectivity index (χ0) is 15.0. The quantitative estimate of drug-likeness (QED) is 0.761. The summed E-state index contributed by atoms with van der Waals surface area (Å²) in [6.07, 6.45) is 0. The van der Waals surface area contributed by atoms with Crippen LogP contribution in [0, 0.1) is 0 Å². The molecule has 2 aromatic carbocycles. The molecule has 106 valence electrons. The Labute approximate surface area is 129 Å². The lowest BCUT2D eigenvalue weighted by Crippen LogP contribution is -2.06. The third-order valence-electron chi connectivity index (χ3n) is 3.37. The van der Waals surface area contributed by atoms with Crippen molar-refractivity contribution in [3.63, 3.8) is 0 Å². The number of hydrogen-bond donors (Lipinski definition) is 1. The highest BCUT2D eigenvalue weighted by atomic mass is 79.9. The minimum atomic E-state index is -0.856. The molecule has 3 rings (SSSR count). The van der Waals surface area contributed by atoms with Gasteiger partial charge in [-0.25, -0.2) is 4.98 Å². The summed E-state index contributed by atoms with van der Waals surface area (Å²) in [5, 5.41) is 9.07. The number of aliphatic carboxylic acids is 1. The highest BCUT2D eigenvalue weighted by Gasteiger charge is 2.16. The molecule has 0 saturated carbocycles. The van der Waals surface area contributed by atoms with E-state index in [-0.39, 0.29) is 0 Å². The van der Waals surface area contributed by atoms with Crippen molar-refractivity contribution in [2.24, 2.45) is 0 Å². The Bertz CT molecular complexity index is 808. The molecule has 0 saturated heterocycles. The van der Waals surface area contributed by atoms with Gasteiger partial charge in [-0.2, -0.15) is 0 Å². The molecule has 0 fully saturated rings. The van der Waals surface area contributed by atoms with Crippen LogP contribution in [0.2, 0.25) is 0 Å². The van der Waals surface area contributed by atoms with Crippen LogP contribution in [0.1, 0.15) is 18.4 Å². The first kappa shape index (κ1) is 13.8. The van der Waals surface area contributed by atoms with E-state index in [1.54, 1.807) is 25.1 Å². The molecule has 0 aliphatic heterocycles. The fraction of sp³-hybridized carbons (Fsp3) is 0.125. The third-order valence-corrected chi connectivity index (χ3v) is 3.90. The fourth-order valence-corrected chi connectivity index (χ4v) is 2.34. The van der Waals surface area contributed by atoms with Crippen molar-refractivity contribution in [3.05, 3.63) is 52.5 Å². The molecule has 5 heteroatoms. The van der Waals surface area contributed by atoms with Crippen LogP contribution in [0.25, 0.3) is 22.6 Å². The summed E-state index contributed by atoms with van der Waals surface area (Å²) in [6, 6.07) is 13.0. The third kappa shape index (κ3) is 2.69. The minimum Gasteiger partial charge on any atom is -0.481 e. The van der Waals surface area contributed by atoms with Gasteiger partial charge in [-0.3, -0.25) is 4.79 Å². The maximum Gasteiger partial charge on any atom is 0.310 e. The second-order valence-corrected chi connectivity index (χ2v) is 5.73. The highest BCUT2D eigenvalue weighted by molar-refractivity contribution is 9.10. The molecule has 0 amide bonds. The first-order chi connectivity index (χ1) is 10.0. The molecular formula is C16H12BrNO3. The number of hydrogen-bond acceptors (Lipinski definition) is 3. The lowest BCUT2D eigenvalue weighted by molar-refractivity contribution is -0.138.